The fourth-order valence-electron chi connectivity index (χ4n) is 1.51. The van der Waals surface area contributed by atoms with Gasteiger partial charge >= 0.3 is 0 Å². The van der Waals surface area contributed by atoms with Crippen molar-refractivity contribution >= 4 is 21.6 Å². The first-order valence-corrected chi connectivity index (χ1v) is 5.88. The third kappa shape index (κ3) is 3.27. The molecule has 0 aliphatic carbocycles. The molecule has 0 aromatic heterocycles. The topological polar surface area (TPSA) is 12.0 Å². The van der Waals surface area contributed by atoms with Crippen LogP contribution in [0.5, 0.6) is 0 Å². The summed E-state index contributed by atoms with van der Waals surface area (Å²) in [6, 6.07) is 11.1. The molecule has 4 heteroatoms. The summed E-state index contributed by atoms with van der Waals surface area (Å²) in [5.74, 6) is -1.12. The van der Waals surface area contributed by atoms with Gasteiger partial charge in [-0.2, -0.15) is 0 Å². The van der Waals surface area contributed by atoms with Gasteiger partial charge in [-0.3, -0.25) is 0 Å². The molecule has 0 aliphatic rings. The van der Waals surface area contributed by atoms with Gasteiger partial charge in [0.05, 0.1) is 0 Å². The van der Waals surface area contributed by atoms with E-state index >= 15 is 0 Å². The lowest BCUT2D eigenvalue weighted by molar-refractivity contribution is 0.580. The Labute approximate surface area is 107 Å². The maximum atomic E-state index is 13.0. The van der Waals surface area contributed by atoms with Crippen molar-refractivity contribution in [3.8, 4) is 0 Å². The molecule has 88 valence electrons. The Bertz CT molecular complexity index is 508. The van der Waals surface area contributed by atoms with Crippen LogP contribution in [0.25, 0.3) is 0 Å². The van der Waals surface area contributed by atoms with E-state index in [1.54, 1.807) is 0 Å². The van der Waals surface area contributed by atoms with Gasteiger partial charge in [0.1, 0.15) is 11.6 Å². The molecule has 2 aromatic rings. The normalized spacial score (nSPS) is 10.3. The van der Waals surface area contributed by atoms with Crippen molar-refractivity contribution in [3.05, 3.63) is 64.1 Å². The Hall–Kier alpha value is -1.42. The Morgan fingerprint density at radius 3 is 2.29 bits per heavy atom. The smallest absolute Gasteiger partial charge is 0.126 e. The minimum Gasteiger partial charge on any atom is -0.380 e. The van der Waals surface area contributed by atoms with Crippen molar-refractivity contribution in [2.24, 2.45) is 0 Å². The van der Waals surface area contributed by atoms with E-state index in [9.17, 15) is 8.78 Å². The monoisotopic (exact) mass is 297 g/mol. The van der Waals surface area contributed by atoms with Crippen molar-refractivity contribution in [1.82, 2.24) is 0 Å². The van der Waals surface area contributed by atoms with Crippen LogP contribution in [0, 0.1) is 11.6 Å². The highest BCUT2D eigenvalue weighted by molar-refractivity contribution is 9.10. The lowest BCUT2D eigenvalue weighted by Gasteiger charge is -2.08. The maximum absolute atomic E-state index is 13.0. The van der Waals surface area contributed by atoms with Gasteiger partial charge in [-0.25, -0.2) is 8.78 Å². The molecule has 2 rings (SSSR count). The first-order chi connectivity index (χ1) is 8.15. The zero-order valence-corrected chi connectivity index (χ0v) is 10.5. The molecule has 1 nitrogen and oxygen atoms in total. The molecule has 0 heterocycles. The van der Waals surface area contributed by atoms with Gasteiger partial charge < -0.3 is 5.32 Å². The quantitative estimate of drug-likeness (QED) is 0.889. The molecule has 0 bridgehead atoms. The summed E-state index contributed by atoms with van der Waals surface area (Å²) in [4.78, 5) is 0. The van der Waals surface area contributed by atoms with Gasteiger partial charge in [0.25, 0.3) is 0 Å². The van der Waals surface area contributed by atoms with Crippen LogP contribution in [0.3, 0.4) is 0 Å². The fraction of sp³-hybridized carbons (Fsp3) is 0.0769. The number of hydrogen-bond donors (Lipinski definition) is 1. The van der Waals surface area contributed by atoms with Gasteiger partial charge in [-0.05, 0) is 45.8 Å². The van der Waals surface area contributed by atoms with E-state index in [4.69, 9.17) is 0 Å². The van der Waals surface area contributed by atoms with Gasteiger partial charge in [0.15, 0.2) is 0 Å². The second kappa shape index (κ2) is 5.27. The Balaban J connectivity index is 2.10. The van der Waals surface area contributed by atoms with E-state index in [0.29, 0.717) is 12.1 Å². The van der Waals surface area contributed by atoms with Crippen LogP contribution in [-0.2, 0) is 6.54 Å². The Morgan fingerprint density at radius 1 is 1.00 bits per heavy atom. The second-order valence-corrected chi connectivity index (χ2v) is 4.47. The molecule has 17 heavy (non-hydrogen) atoms. The number of halogens is 3. The van der Waals surface area contributed by atoms with Crippen molar-refractivity contribution in [1.29, 1.82) is 0 Å². The van der Waals surface area contributed by atoms with Crippen LogP contribution in [-0.4, -0.2) is 0 Å². The van der Waals surface area contributed by atoms with Crippen LogP contribution in [0.4, 0.5) is 14.5 Å². The second-order valence-electron chi connectivity index (χ2n) is 3.61. The minimum atomic E-state index is -0.561. The molecule has 0 atom stereocenters. The molecule has 0 saturated heterocycles. The van der Waals surface area contributed by atoms with Crippen molar-refractivity contribution < 1.29 is 8.78 Å². The van der Waals surface area contributed by atoms with Crippen molar-refractivity contribution in [3.63, 3.8) is 0 Å². The molecule has 2 aromatic carbocycles. The molecule has 0 fully saturated rings. The van der Waals surface area contributed by atoms with Crippen LogP contribution in [0.2, 0.25) is 0 Å². The highest BCUT2D eigenvalue weighted by Gasteiger charge is 2.02. The van der Waals surface area contributed by atoms with Crippen LogP contribution in [0.1, 0.15) is 5.56 Å². The van der Waals surface area contributed by atoms with Crippen LogP contribution in [0.15, 0.2) is 46.9 Å². The van der Waals surface area contributed by atoms with Crippen LogP contribution >= 0.6 is 15.9 Å². The van der Waals surface area contributed by atoms with Crippen LogP contribution < -0.4 is 5.32 Å². The van der Waals surface area contributed by atoms with Crippen molar-refractivity contribution in [2.45, 2.75) is 6.54 Å². The zero-order chi connectivity index (χ0) is 12.3. The average Bonchev–Trinajstić information content (AvgIpc) is 2.27. The number of nitrogens with one attached hydrogen (secondary N) is 1. The molecular formula is C13H10BrF2N. The standard InChI is InChI=1S/C13H10BrF2N/c14-12-3-1-2-4-13(12)17-8-9-5-10(15)7-11(16)6-9/h1-7,17H,8H2. The minimum absolute atomic E-state index is 0.372. The maximum Gasteiger partial charge on any atom is 0.126 e. The summed E-state index contributed by atoms with van der Waals surface area (Å²) < 4.78 is 26.8. The molecule has 0 aliphatic heterocycles. The summed E-state index contributed by atoms with van der Waals surface area (Å²) in [5, 5.41) is 3.10. The first kappa shape index (κ1) is 12.0. The van der Waals surface area contributed by atoms with Gasteiger partial charge in [-0.15, -0.1) is 0 Å². The highest BCUT2D eigenvalue weighted by Crippen LogP contribution is 2.22. The first-order valence-electron chi connectivity index (χ1n) is 5.08. The SMILES string of the molecule is Fc1cc(F)cc(CNc2ccccc2Br)c1. The van der Waals surface area contributed by atoms with E-state index in [-0.39, 0.29) is 0 Å². The Kier molecular flexibility index (Phi) is 3.74. The number of rotatable bonds is 3. The van der Waals surface area contributed by atoms with Gasteiger partial charge in [0.2, 0.25) is 0 Å². The number of anilines is 1. The van der Waals surface area contributed by atoms with E-state index in [1.807, 2.05) is 24.3 Å². The predicted molar refractivity (Wildman–Crippen MR) is 67.8 cm³/mol. The summed E-state index contributed by atoms with van der Waals surface area (Å²) in [6.07, 6.45) is 0. The zero-order valence-electron chi connectivity index (χ0n) is 8.88. The van der Waals surface area contributed by atoms with Gasteiger partial charge in [0, 0.05) is 22.8 Å². The fourth-order valence-corrected chi connectivity index (χ4v) is 1.94. The number of hydrogen-bond acceptors (Lipinski definition) is 1. The summed E-state index contributed by atoms with van der Waals surface area (Å²) >= 11 is 3.39. The lowest BCUT2D eigenvalue weighted by Crippen LogP contribution is -2.01. The third-order valence-corrected chi connectivity index (χ3v) is 2.97. The summed E-state index contributed by atoms with van der Waals surface area (Å²) in [7, 11) is 0. The van der Waals surface area contributed by atoms with E-state index in [2.05, 4.69) is 21.2 Å². The summed E-state index contributed by atoms with van der Waals surface area (Å²) in [6.45, 7) is 0.372. The largest absolute Gasteiger partial charge is 0.380 e. The Morgan fingerprint density at radius 2 is 1.65 bits per heavy atom. The third-order valence-electron chi connectivity index (χ3n) is 2.28. The molecule has 0 radical (unpaired) electrons. The number of para-hydroxylation sites is 1. The molecule has 0 spiro atoms. The molecular weight excluding hydrogens is 288 g/mol. The predicted octanol–water partition coefficient (Wildman–Crippen LogP) is 4.34. The van der Waals surface area contributed by atoms with E-state index in [1.165, 1.54) is 12.1 Å². The highest BCUT2D eigenvalue weighted by atomic mass is 79.9. The molecule has 0 saturated carbocycles. The number of benzene rings is 2. The molecule has 1 N–H and O–H groups in total. The summed E-state index contributed by atoms with van der Waals surface area (Å²) in [5.41, 5.74) is 1.45. The van der Waals surface area contributed by atoms with E-state index in [0.717, 1.165) is 16.2 Å². The molecule has 0 amide bonds. The van der Waals surface area contributed by atoms with E-state index < -0.39 is 11.6 Å². The van der Waals surface area contributed by atoms with Gasteiger partial charge in [-0.1, -0.05) is 12.1 Å². The molecule has 0 unspecified atom stereocenters. The average molecular weight is 298 g/mol. The lowest BCUT2D eigenvalue weighted by atomic mass is 10.2. The van der Waals surface area contributed by atoms with Crippen molar-refractivity contribution in [2.75, 3.05) is 5.32 Å².